The number of nitrogens with one attached hydrogen (secondary N) is 1. The van der Waals surface area contributed by atoms with Crippen molar-refractivity contribution in [3.8, 4) is 0 Å². The number of hydrogen-bond acceptors (Lipinski definition) is 3. The van der Waals surface area contributed by atoms with Gasteiger partial charge in [-0.3, -0.25) is 4.98 Å². The fourth-order valence-electron chi connectivity index (χ4n) is 3.20. The van der Waals surface area contributed by atoms with E-state index in [4.69, 9.17) is 0 Å². The highest BCUT2D eigenvalue weighted by Gasteiger charge is 2.29. The fraction of sp³-hybridized carbons (Fsp3) is 0.688. The van der Waals surface area contributed by atoms with Crippen LogP contribution in [0.3, 0.4) is 0 Å². The molecule has 0 aromatic carbocycles. The van der Waals surface area contributed by atoms with Crippen LogP contribution in [0, 0.1) is 0 Å². The SMILES string of the molecule is CCC1CCC(C)N1c1ccnc(CNC2CC2)c1. The minimum absolute atomic E-state index is 0.664. The van der Waals surface area contributed by atoms with Crippen molar-refractivity contribution in [1.29, 1.82) is 0 Å². The summed E-state index contributed by atoms with van der Waals surface area (Å²) in [5.41, 5.74) is 2.54. The summed E-state index contributed by atoms with van der Waals surface area (Å²) in [5, 5.41) is 3.55. The molecule has 2 unspecified atom stereocenters. The Labute approximate surface area is 116 Å². The lowest BCUT2D eigenvalue weighted by Crippen LogP contribution is -2.34. The molecule has 0 bridgehead atoms. The largest absolute Gasteiger partial charge is 0.366 e. The average Bonchev–Trinajstić information content (AvgIpc) is 3.19. The van der Waals surface area contributed by atoms with Crippen molar-refractivity contribution in [2.24, 2.45) is 0 Å². The van der Waals surface area contributed by atoms with Crippen LogP contribution in [0.25, 0.3) is 0 Å². The van der Waals surface area contributed by atoms with E-state index < -0.39 is 0 Å². The van der Waals surface area contributed by atoms with Crippen molar-refractivity contribution in [3.63, 3.8) is 0 Å². The van der Waals surface area contributed by atoms with Crippen LogP contribution in [0.2, 0.25) is 0 Å². The molecule has 1 saturated carbocycles. The molecule has 1 aliphatic heterocycles. The molecule has 3 heteroatoms. The molecule has 1 N–H and O–H groups in total. The summed E-state index contributed by atoms with van der Waals surface area (Å²) in [7, 11) is 0. The van der Waals surface area contributed by atoms with Gasteiger partial charge in [0, 0.05) is 36.6 Å². The van der Waals surface area contributed by atoms with Crippen LogP contribution >= 0.6 is 0 Å². The van der Waals surface area contributed by atoms with Crippen LogP contribution < -0.4 is 10.2 Å². The smallest absolute Gasteiger partial charge is 0.0562 e. The zero-order valence-corrected chi connectivity index (χ0v) is 12.1. The fourth-order valence-corrected chi connectivity index (χ4v) is 3.20. The first-order valence-electron chi connectivity index (χ1n) is 7.74. The Morgan fingerprint density at radius 3 is 2.89 bits per heavy atom. The van der Waals surface area contributed by atoms with Crippen LogP contribution in [0.4, 0.5) is 5.69 Å². The minimum Gasteiger partial charge on any atom is -0.366 e. The van der Waals surface area contributed by atoms with E-state index in [2.05, 4.69) is 41.2 Å². The van der Waals surface area contributed by atoms with Gasteiger partial charge in [-0.2, -0.15) is 0 Å². The van der Waals surface area contributed by atoms with Gasteiger partial charge in [0.2, 0.25) is 0 Å². The van der Waals surface area contributed by atoms with E-state index in [9.17, 15) is 0 Å². The number of anilines is 1. The van der Waals surface area contributed by atoms with E-state index in [0.29, 0.717) is 12.1 Å². The van der Waals surface area contributed by atoms with Gasteiger partial charge in [0.1, 0.15) is 0 Å². The highest BCUT2D eigenvalue weighted by molar-refractivity contribution is 5.49. The Hall–Kier alpha value is -1.09. The molecular weight excluding hydrogens is 234 g/mol. The topological polar surface area (TPSA) is 28.2 Å². The molecule has 0 amide bonds. The molecule has 3 nitrogen and oxygen atoms in total. The second kappa shape index (κ2) is 5.49. The van der Waals surface area contributed by atoms with Gasteiger partial charge in [-0.05, 0) is 51.2 Å². The van der Waals surface area contributed by atoms with Gasteiger partial charge in [-0.1, -0.05) is 6.92 Å². The average molecular weight is 259 g/mol. The van der Waals surface area contributed by atoms with Gasteiger partial charge in [0.05, 0.1) is 5.69 Å². The Balaban J connectivity index is 1.73. The third kappa shape index (κ3) is 2.92. The van der Waals surface area contributed by atoms with Crippen LogP contribution in [-0.2, 0) is 6.54 Å². The molecule has 1 aromatic heterocycles. The lowest BCUT2D eigenvalue weighted by molar-refractivity contribution is 0.625. The van der Waals surface area contributed by atoms with E-state index >= 15 is 0 Å². The maximum absolute atomic E-state index is 4.50. The van der Waals surface area contributed by atoms with Gasteiger partial charge in [0.15, 0.2) is 0 Å². The number of hydrogen-bond donors (Lipinski definition) is 1. The van der Waals surface area contributed by atoms with Crippen molar-refractivity contribution < 1.29 is 0 Å². The lowest BCUT2D eigenvalue weighted by Gasteiger charge is -2.30. The highest BCUT2D eigenvalue weighted by atomic mass is 15.2. The molecule has 3 rings (SSSR count). The first kappa shape index (κ1) is 12.9. The molecule has 1 saturated heterocycles. The first-order chi connectivity index (χ1) is 9.28. The molecule has 104 valence electrons. The van der Waals surface area contributed by atoms with E-state index in [-0.39, 0.29) is 0 Å². The lowest BCUT2D eigenvalue weighted by atomic mass is 10.1. The highest BCUT2D eigenvalue weighted by Crippen LogP contribution is 2.32. The van der Waals surface area contributed by atoms with Gasteiger partial charge in [-0.25, -0.2) is 0 Å². The number of pyridine rings is 1. The van der Waals surface area contributed by atoms with Crippen LogP contribution in [0.1, 0.15) is 51.6 Å². The zero-order valence-electron chi connectivity index (χ0n) is 12.1. The van der Waals surface area contributed by atoms with Crippen molar-refractivity contribution in [2.45, 2.75) is 70.6 Å². The second-order valence-electron chi connectivity index (χ2n) is 6.06. The van der Waals surface area contributed by atoms with E-state index in [1.165, 1.54) is 43.5 Å². The summed E-state index contributed by atoms with van der Waals surface area (Å²) in [6.45, 7) is 5.56. The molecule has 0 spiro atoms. The van der Waals surface area contributed by atoms with E-state index in [0.717, 1.165) is 12.6 Å². The minimum atomic E-state index is 0.664. The molecule has 1 aliphatic carbocycles. The third-order valence-electron chi connectivity index (χ3n) is 4.50. The third-order valence-corrected chi connectivity index (χ3v) is 4.50. The monoisotopic (exact) mass is 259 g/mol. The molecule has 2 aliphatic rings. The summed E-state index contributed by atoms with van der Waals surface area (Å²) in [6, 6.07) is 6.57. The Morgan fingerprint density at radius 2 is 2.16 bits per heavy atom. The van der Waals surface area contributed by atoms with Crippen molar-refractivity contribution >= 4 is 5.69 Å². The van der Waals surface area contributed by atoms with Gasteiger partial charge in [0.25, 0.3) is 0 Å². The molecule has 2 heterocycles. The summed E-state index contributed by atoms with van der Waals surface area (Å²) in [5.74, 6) is 0. The number of nitrogens with zero attached hydrogens (tertiary/aromatic N) is 2. The van der Waals surface area contributed by atoms with Gasteiger partial charge >= 0.3 is 0 Å². The van der Waals surface area contributed by atoms with Crippen LogP contribution in [-0.4, -0.2) is 23.1 Å². The van der Waals surface area contributed by atoms with E-state index in [1.54, 1.807) is 0 Å². The zero-order chi connectivity index (χ0) is 13.2. The molecule has 19 heavy (non-hydrogen) atoms. The maximum Gasteiger partial charge on any atom is 0.0562 e. The predicted molar refractivity (Wildman–Crippen MR) is 79.4 cm³/mol. The Kier molecular flexibility index (Phi) is 3.74. The maximum atomic E-state index is 4.50. The van der Waals surface area contributed by atoms with Crippen LogP contribution in [0.5, 0.6) is 0 Å². The number of aromatic nitrogens is 1. The standard InChI is InChI=1S/C16H25N3/c1-3-15-7-4-12(2)19(15)16-8-9-17-14(10-16)11-18-13-5-6-13/h8-10,12-13,15,18H,3-7,11H2,1-2H3. The van der Waals surface area contributed by atoms with Crippen molar-refractivity contribution in [1.82, 2.24) is 10.3 Å². The normalized spacial score (nSPS) is 26.9. The summed E-state index contributed by atoms with van der Waals surface area (Å²) < 4.78 is 0. The van der Waals surface area contributed by atoms with E-state index in [1.807, 2.05) is 6.20 Å². The molecule has 1 aromatic rings. The number of rotatable bonds is 5. The summed E-state index contributed by atoms with van der Waals surface area (Å²) in [4.78, 5) is 7.10. The molecule has 0 radical (unpaired) electrons. The van der Waals surface area contributed by atoms with Gasteiger partial charge < -0.3 is 10.2 Å². The summed E-state index contributed by atoms with van der Waals surface area (Å²) in [6.07, 6.45) is 8.52. The Morgan fingerprint density at radius 1 is 1.32 bits per heavy atom. The van der Waals surface area contributed by atoms with Crippen molar-refractivity contribution in [2.75, 3.05) is 4.90 Å². The Bertz CT molecular complexity index is 428. The van der Waals surface area contributed by atoms with Gasteiger partial charge in [-0.15, -0.1) is 0 Å². The van der Waals surface area contributed by atoms with Crippen LogP contribution in [0.15, 0.2) is 18.3 Å². The first-order valence-corrected chi connectivity index (χ1v) is 7.74. The van der Waals surface area contributed by atoms with Crippen molar-refractivity contribution in [3.05, 3.63) is 24.0 Å². The second-order valence-corrected chi connectivity index (χ2v) is 6.06. The quantitative estimate of drug-likeness (QED) is 0.880. The summed E-state index contributed by atoms with van der Waals surface area (Å²) >= 11 is 0. The molecule has 2 fully saturated rings. The molecule has 2 atom stereocenters. The molecular formula is C16H25N3. The predicted octanol–water partition coefficient (Wildman–Crippen LogP) is 3.10.